The summed E-state index contributed by atoms with van der Waals surface area (Å²) in [5.74, 6) is 2.29. The number of ether oxygens (including phenoxy) is 2. The van der Waals surface area contributed by atoms with Crippen molar-refractivity contribution < 1.29 is 19.1 Å². The van der Waals surface area contributed by atoms with Crippen LogP contribution in [0.4, 0.5) is 5.69 Å². The molecule has 0 unspecified atom stereocenters. The van der Waals surface area contributed by atoms with Gasteiger partial charge in [0.2, 0.25) is 11.8 Å². The summed E-state index contributed by atoms with van der Waals surface area (Å²) < 4.78 is 10.6. The molecular formula is C21H19Cl2N3O4. The van der Waals surface area contributed by atoms with E-state index in [-0.39, 0.29) is 30.4 Å². The molecule has 0 spiro atoms. The third-order valence-electron chi connectivity index (χ3n) is 3.68. The van der Waals surface area contributed by atoms with Crippen molar-refractivity contribution in [2.45, 2.75) is 12.8 Å². The minimum absolute atomic E-state index is 0.0204. The summed E-state index contributed by atoms with van der Waals surface area (Å²) in [6.07, 6.45) is 6.50. The lowest BCUT2D eigenvalue weighted by molar-refractivity contribution is -0.124. The summed E-state index contributed by atoms with van der Waals surface area (Å²) in [5, 5.41) is 7.21. The Labute approximate surface area is 184 Å². The molecule has 0 saturated heterocycles. The fraction of sp³-hybridized carbons (Fsp3) is 0.190. The number of amides is 2. The van der Waals surface area contributed by atoms with E-state index < -0.39 is 5.91 Å². The van der Waals surface area contributed by atoms with Gasteiger partial charge in [0.25, 0.3) is 0 Å². The van der Waals surface area contributed by atoms with E-state index in [0.29, 0.717) is 27.8 Å². The molecule has 0 saturated carbocycles. The number of carbonyl (C=O) groups is 2. The Morgan fingerprint density at radius 2 is 1.90 bits per heavy atom. The Morgan fingerprint density at radius 3 is 2.60 bits per heavy atom. The molecule has 0 atom stereocenters. The van der Waals surface area contributed by atoms with Crippen LogP contribution < -0.4 is 20.2 Å². The van der Waals surface area contributed by atoms with Gasteiger partial charge in [0.15, 0.2) is 11.5 Å². The first kappa shape index (κ1) is 23.1. The minimum Gasteiger partial charge on any atom is -0.493 e. The van der Waals surface area contributed by atoms with Gasteiger partial charge in [0, 0.05) is 12.8 Å². The number of rotatable bonds is 9. The normalized spacial score (nSPS) is 10.3. The summed E-state index contributed by atoms with van der Waals surface area (Å²) in [6.45, 7) is 0.0453. The van der Waals surface area contributed by atoms with Crippen molar-refractivity contribution in [3.05, 3.63) is 52.0 Å². The Hall–Kier alpha value is -3.21. The molecule has 9 heteroatoms. The summed E-state index contributed by atoms with van der Waals surface area (Å²) in [6, 6.07) is 10.1. The lowest BCUT2D eigenvalue weighted by atomic mass is 10.2. The molecule has 0 aliphatic carbocycles. The van der Waals surface area contributed by atoms with E-state index in [4.69, 9.17) is 39.1 Å². The maximum Gasteiger partial charge on any atom is 0.240 e. The smallest absolute Gasteiger partial charge is 0.240 e. The molecule has 2 amide bonds. The van der Waals surface area contributed by atoms with Gasteiger partial charge in [0.05, 0.1) is 29.1 Å². The Kier molecular flexibility index (Phi) is 9.01. The third kappa shape index (κ3) is 6.99. The van der Waals surface area contributed by atoms with Crippen molar-refractivity contribution in [2.75, 3.05) is 19.0 Å². The largest absolute Gasteiger partial charge is 0.493 e. The highest BCUT2D eigenvalue weighted by Crippen LogP contribution is 2.35. The van der Waals surface area contributed by atoms with Gasteiger partial charge in [-0.2, -0.15) is 5.10 Å². The maximum absolute atomic E-state index is 11.9. The van der Waals surface area contributed by atoms with E-state index in [1.807, 2.05) is 0 Å². The monoisotopic (exact) mass is 447 g/mol. The zero-order valence-electron chi connectivity index (χ0n) is 16.1. The maximum atomic E-state index is 11.9. The van der Waals surface area contributed by atoms with Crippen LogP contribution in [0.3, 0.4) is 0 Å². The summed E-state index contributed by atoms with van der Waals surface area (Å²) in [5.41, 5.74) is 3.41. The number of carbonyl (C=O) groups excluding carboxylic acids is 2. The van der Waals surface area contributed by atoms with Crippen molar-refractivity contribution in [1.82, 2.24) is 5.43 Å². The Morgan fingerprint density at radius 1 is 1.17 bits per heavy atom. The standard InChI is InChI=1S/C21H19Cl2N3O4/c1-3-10-30-21-16(23)11-14(12-18(21)29-2)13-24-26-20(28)9-8-19(27)25-17-7-5-4-6-15(17)22/h1,4-7,11-13H,8-10H2,2H3,(H,25,27)(H,26,28). The number of anilines is 1. The third-order valence-corrected chi connectivity index (χ3v) is 4.29. The Balaban J connectivity index is 1.87. The SMILES string of the molecule is C#CCOc1c(Cl)cc(C=NNC(=O)CCC(=O)Nc2ccccc2Cl)cc1OC. The van der Waals surface area contributed by atoms with Crippen LogP contribution in [0.15, 0.2) is 41.5 Å². The highest BCUT2D eigenvalue weighted by atomic mass is 35.5. The molecule has 0 aromatic heterocycles. The van der Waals surface area contributed by atoms with Crippen LogP contribution >= 0.6 is 23.2 Å². The second-order valence-corrected chi connectivity index (χ2v) is 6.66. The van der Waals surface area contributed by atoms with E-state index in [1.165, 1.54) is 13.3 Å². The zero-order chi connectivity index (χ0) is 21.9. The molecule has 0 heterocycles. The van der Waals surface area contributed by atoms with Crippen LogP contribution in [-0.4, -0.2) is 31.7 Å². The first-order chi connectivity index (χ1) is 14.4. The average Bonchev–Trinajstić information content (AvgIpc) is 2.73. The number of para-hydroxylation sites is 1. The number of hydrogen-bond acceptors (Lipinski definition) is 5. The molecule has 2 rings (SSSR count). The van der Waals surface area contributed by atoms with Gasteiger partial charge in [-0.15, -0.1) is 6.42 Å². The predicted molar refractivity (Wildman–Crippen MR) is 117 cm³/mol. The van der Waals surface area contributed by atoms with E-state index >= 15 is 0 Å². The molecule has 0 fully saturated rings. The van der Waals surface area contributed by atoms with Crippen molar-refractivity contribution in [1.29, 1.82) is 0 Å². The fourth-order valence-corrected chi connectivity index (χ4v) is 2.76. The van der Waals surface area contributed by atoms with Gasteiger partial charge >= 0.3 is 0 Å². The van der Waals surface area contributed by atoms with Crippen LogP contribution in [0.25, 0.3) is 0 Å². The van der Waals surface area contributed by atoms with Crippen LogP contribution in [-0.2, 0) is 9.59 Å². The average molecular weight is 448 g/mol. The molecule has 156 valence electrons. The van der Waals surface area contributed by atoms with E-state index in [1.54, 1.807) is 36.4 Å². The molecular weight excluding hydrogens is 429 g/mol. The van der Waals surface area contributed by atoms with Gasteiger partial charge in [-0.05, 0) is 29.8 Å². The molecule has 0 bridgehead atoms. The lowest BCUT2D eigenvalue weighted by Gasteiger charge is -2.11. The second kappa shape index (κ2) is 11.7. The number of terminal acetylenes is 1. The van der Waals surface area contributed by atoms with Gasteiger partial charge in [-0.1, -0.05) is 41.3 Å². The first-order valence-corrected chi connectivity index (χ1v) is 9.50. The fourth-order valence-electron chi connectivity index (χ4n) is 2.31. The molecule has 0 aliphatic rings. The van der Waals surface area contributed by atoms with Crippen LogP contribution in [0.1, 0.15) is 18.4 Å². The first-order valence-electron chi connectivity index (χ1n) is 8.74. The van der Waals surface area contributed by atoms with Gasteiger partial charge in [0.1, 0.15) is 6.61 Å². The van der Waals surface area contributed by atoms with Crippen LogP contribution in [0.2, 0.25) is 10.0 Å². The van der Waals surface area contributed by atoms with E-state index in [9.17, 15) is 9.59 Å². The zero-order valence-corrected chi connectivity index (χ0v) is 17.6. The van der Waals surface area contributed by atoms with Gasteiger partial charge in [-0.3, -0.25) is 9.59 Å². The number of hydrazone groups is 1. The molecule has 0 radical (unpaired) electrons. The van der Waals surface area contributed by atoms with Crippen LogP contribution in [0, 0.1) is 12.3 Å². The topological polar surface area (TPSA) is 89.0 Å². The molecule has 30 heavy (non-hydrogen) atoms. The second-order valence-electron chi connectivity index (χ2n) is 5.85. The molecule has 2 aromatic carbocycles. The minimum atomic E-state index is -0.424. The molecule has 0 aliphatic heterocycles. The molecule has 7 nitrogen and oxygen atoms in total. The summed E-state index contributed by atoms with van der Waals surface area (Å²) >= 11 is 12.2. The number of methoxy groups -OCH3 is 1. The highest BCUT2D eigenvalue weighted by molar-refractivity contribution is 6.33. The number of benzene rings is 2. The Bertz CT molecular complexity index is 987. The lowest BCUT2D eigenvalue weighted by Crippen LogP contribution is -2.20. The predicted octanol–water partition coefficient (Wildman–Crippen LogP) is 3.88. The van der Waals surface area contributed by atoms with E-state index in [0.717, 1.165) is 0 Å². The number of nitrogens with zero attached hydrogens (tertiary/aromatic N) is 1. The highest BCUT2D eigenvalue weighted by Gasteiger charge is 2.12. The summed E-state index contributed by atoms with van der Waals surface area (Å²) in [7, 11) is 1.46. The van der Waals surface area contributed by atoms with Crippen molar-refractivity contribution in [3.63, 3.8) is 0 Å². The molecule has 2 N–H and O–H groups in total. The van der Waals surface area contributed by atoms with Gasteiger partial charge < -0.3 is 14.8 Å². The van der Waals surface area contributed by atoms with E-state index in [2.05, 4.69) is 21.8 Å². The van der Waals surface area contributed by atoms with Gasteiger partial charge in [-0.25, -0.2) is 5.43 Å². The van der Waals surface area contributed by atoms with Crippen molar-refractivity contribution in [2.24, 2.45) is 5.10 Å². The number of halogens is 2. The quantitative estimate of drug-likeness (QED) is 0.346. The number of hydrogen-bond donors (Lipinski definition) is 2. The van der Waals surface area contributed by atoms with Crippen molar-refractivity contribution >= 4 is 46.9 Å². The number of nitrogens with one attached hydrogen (secondary N) is 2. The molecule has 2 aromatic rings. The summed E-state index contributed by atoms with van der Waals surface area (Å²) in [4.78, 5) is 23.8. The van der Waals surface area contributed by atoms with Crippen molar-refractivity contribution in [3.8, 4) is 23.8 Å². The van der Waals surface area contributed by atoms with Crippen LogP contribution in [0.5, 0.6) is 11.5 Å².